The van der Waals surface area contributed by atoms with E-state index in [0.717, 1.165) is 31.2 Å². The largest absolute Gasteiger partial charge is 0.496 e. The summed E-state index contributed by atoms with van der Waals surface area (Å²) in [6.45, 7) is 0. The molecule has 2 rings (SSSR count). The van der Waals surface area contributed by atoms with Gasteiger partial charge in [0, 0.05) is 0 Å². The summed E-state index contributed by atoms with van der Waals surface area (Å²) in [6.07, 6.45) is 3.53. The van der Waals surface area contributed by atoms with Crippen LogP contribution in [-0.4, -0.2) is 18.2 Å². The second-order valence-electron chi connectivity index (χ2n) is 4.74. The molecule has 1 aliphatic carbocycles. The maximum Gasteiger partial charge on any atom is 0.341 e. The molecule has 1 aliphatic rings. The number of hydrogen-bond acceptors (Lipinski definition) is 3. The van der Waals surface area contributed by atoms with Gasteiger partial charge in [-0.05, 0) is 30.5 Å². The molecule has 0 amide bonds. The molecule has 1 aromatic rings. The number of benzene rings is 1. The van der Waals surface area contributed by atoms with E-state index in [0.29, 0.717) is 0 Å². The van der Waals surface area contributed by atoms with Crippen LogP contribution in [-0.2, 0) is 5.41 Å². The third-order valence-corrected chi connectivity index (χ3v) is 4.01. The number of carboxylic acids is 1. The number of nitrogens with zero attached hydrogens (tertiary/aromatic N) is 1. The monoisotopic (exact) mass is 279 g/mol. The highest BCUT2D eigenvalue weighted by molar-refractivity contribution is 6.34. The molecule has 4 nitrogen and oxygen atoms in total. The van der Waals surface area contributed by atoms with Crippen molar-refractivity contribution in [2.75, 3.05) is 7.11 Å². The maximum absolute atomic E-state index is 11.2. The summed E-state index contributed by atoms with van der Waals surface area (Å²) >= 11 is 6.04. The number of methoxy groups -OCH3 is 1. The van der Waals surface area contributed by atoms with Crippen molar-refractivity contribution in [2.45, 2.75) is 31.1 Å². The van der Waals surface area contributed by atoms with Gasteiger partial charge in [-0.15, -0.1) is 0 Å². The Morgan fingerprint density at radius 2 is 2.11 bits per heavy atom. The highest BCUT2D eigenvalue weighted by Crippen LogP contribution is 2.43. The highest BCUT2D eigenvalue weighted by Gasteiger charge is 2.37. The van der Waals surface area contributed by atoms with Crippen molar-refractivity contribution in [3.63, 3.8) is 0 Å². The van der Waals surface area contributed by atoms with Crippen LogP contribution in [0.25, 0.3) is 0 Å². The Morgan fingerprint density at radius 3 is 2.58 bits per heavy atom. The molecule has 5 heteroatoms. The SMILES string of the molecule is COc1cc(C2(C#N)CCCC2)cc(Cl)c1C(=O)O. The van der Waals surface area contributed by atoms with E-state index in [2.05, 4.69) is 6.07 Å². The van der Waals surface area contributed by atoms with E-state index < -0.39 is 11.4 Å². The molecule has 1 saturated carbocycles. The van der Waals surface area contributed by atoms with Crippen molar-refractivity contribution in [3.8, 4) is 11.8 Å². The van der Waals surface area contributed by atoms with Crippen LogP contribution in [0.5, 0.6) is 5.75 Å². The van der Waals surface area contributed by atoms with Gasteiger partial charge < -0.3 is 9.84 Å². The molecule has 0 aromatic heterocycles. The van der Waals surface area contributed by atoms with Gasteiger partial charge in [-0.1, -0.05) is 24.4 Å². The Labute approximate surface area is 116 Å². The van der Waals surface area contributed by atoms with Gasteiger partial charge in [-0.2, -0.15) is 5.26 Å². The Bertz CT molecular complexity index is 557. The molecule has 0 saturated heterocycles. The lowest BCUT2D eigenvalue weighted by molar-refractivity contribution is 0.0693. The summed E-state index contributed by atoms with van der Waals surface area (Å²) in [6, 6.07) is 5.57. The van der Waals surface area contributed by atoms with Crippen LogP contribution < -0.4 is 4.74 Å². The lowest BCUT2D eigenvalue weighted by atomic mass is 9.80. The van der Waals surface area contributed by atoms with Gasteiger partial charge in [0.15, 0.2) is 0 Å². The molecule has 0 aliphatic heterocycles. The molecule has 0 radical (unpaired) electrons. The highest BCUT2D eigenvalue weighted by atomic mass is 35.5. The Morgan fingerprint density at radius 1 is 1.47 bits per heavy atom. The minimum absolute atomic E-state index is 0.0565. The van der Waals surface area contributed by atoms with Crippen LogP contribution >= 0.6 is 11.6 Å². The summed E-state index contributed by atoms with van der Waals surface area (Å²) in [5, 5.41) is 18.7. The Balaban J connectivity index is 2.58. The summed E-state index contributed by atoms with van der Waals surface area (Å²) in [5.74, 6) is -0.928. The summed E-state index contributed by atoms with van der Waals surface area (Å²) < 4.78 is 5.10. The van der Waals surface area contributed by atoms with E-state index in [1.54, 1.807) is 12.1 Å². The molecule has 1 fully saturated rings. The lowest BCUT2D eigenvalue weighted by Gasteiger charge is -2.22. The van der Waals surface area contributed by atoms with Gasteiger partial charge in [0.25, 0.3) is 0 Å². The first kappa shape index (κ1) is 13.7. The second kappa shape index (κ2) is 5.10. The smallest absolute Gasteiger partial charge is 0.341 e. The van der Waals surface area contributed by atoms with Gasteiger partial charge >= 0.3 is 5.97 Å². The maximum atomic E-state index is 11.2. The van der Waals surface area contributed by atoms with Crippen molar-refractivity contribution in [1.82, 2.24) is 0 Å². The standard InChI is InChI=1S/C14H14ClNO3/c1-19-11-7-9(6-10(15)12(11)13(17)18)14(8-16)4-2-3-5-14/h6-7H,2-5H2,1H3,(H,17,18). The van der Waals surface area contributed by atoms with E-state index in [4.69, 9.17) is 21.4 Å². The molecule has 0 heterocycles. The van der Waals surface area contributed by atoms with Crippen LogP contribution in [0, 0.1) is 11.3 Å². The fourth-order valence-electron chi connectivity index (χ4n) is 2.67. The van der Waals surface area contributed by atoms with E-state index in [9.17, 15) is 10.1 Å². The van der Waals surface area contributed by atoms with Gasteiger partial charge in [0.2, 0.25) is 0 Å². The molecule has 100 valence electrons. The van der Waals surface area contributed by atoms with E-state index in [1.165, 1.54) is 7.11 Å². The quantitative estimate of drug-likeness (QED) is 0.921. The van der Waals surface area contributed by atoms with Crippen molar-refractivity contribution < 1.29 is 14.6 Å². The van der Waals surface area contributed by atoms with Crippen LogP contribution in [0.1, 0.15) is 41.6 Å². The number of carbonyl (C=O) groups is 1. The predicted octanol–water partition coefficient (Wildman–Crippen LogP) is 3.38. The lowest BCUT2D eigenvalue weighted by Crippen LogP contribution is -2.20. The van der Waals surface area contributed by atoms with Gasteiger partial charge in [0.1, 0.15) is 11.3 Å². The first-order valence-electron chi connectivity index (χ1n) is 6.06. The third-order valence-electron chi connectivity index (χ3n) is 3.71. The fourth-order valence-corrected chi connectivity index (χ4v) is 2.96. The van der Waals surface area contributed by atoms with Gasteiger partial charge in [-0.25, -0.2) is 4.79 Å². The molecule has 1 aromatic carbocycles. The molecule has 19 heavy (non-hydrogen) atoms. The molecule has 1 N–H and O–H groups in total. The van der Waals surface area contributed by atoms with Crippen LogP contribution in [0.2, 0.25) is 5.02 Å². The fraction of sp³-hybridized carbons (Fsp3) is 0.429. The molecule has 0 spiro atoms. The van der Waals surface area contributed by atoms with Crippen molar-refractivity contribution in [1.29, 1.82) is 5.26 Å². The van der Waals surface area contributed by atoms with E-state index >= 15 is 0 Å². The third kappa shape index (κ3) is 2.26. The number of aromatic carboxylic acids is 1. The number of halogens is 1. The minimum atomic E-state index is -1.13. The number of nitriles is 1. The number of carboxylic acid groups (broad SMARTS) is 1. The van der Waals surface area contributed by atoms with Gasteiger partial charge in [0.05, 0.1) is 23.6 Å². The topological polar surface area (TPSA) is 70.3 Å². The normalized spacial score (nSPS) is 16.9. The Kier molecular flexibility index (Phi) is 3.68. The van der Waals surface area contributed by atoms with Crippen molar-refractivity contribution in [3.05, 3.63) is 28.3 Å². The van der Waals surface area contributed by atoms with Crippen molar-refractivity contribution >= 4 is 17.6 Å². The zero-order chi connectivity index (χ0) is 14.0. The van der Waals surface area contributed by atoms with E-state index in [-0.39, 0.29) is 16.3 Å². The zero-order valence-corrected chi connectivity index (χ0v) is 11.3. The van der Waals surface area contributed by atoms with Gasteiger partial charge in [-0.3, -0.25) is 0 Å². The second-order valence-corrected chi connectivity index (χ2v) is 5.15. The zero-order valence-electron chi connectivity index (χ0n) is 10.6. The van der Waals surface area contributed by atoms with Crippen LogP contribution in [0.4, 0.5) is 0 Å². The number of rotatable bonds is 3. The minimum Gasteiger partial charge on any atom is -0.496 e. The molecular formula is C14H14ClNO3. The van der Waals surface area contributed by atoms with Crippen LogP contribution in [0.15, 0.2) is 12.1 Å². The van der Waals surface area contributed by atoms with Crippen LogP contribution in [0.3, 0.4) is 0 Å². The van der Waals surface area contributed by atoms with E-state index in [1.807, 2.05) is 0 Å². The average molecular weight is 280 g/mol. The molecule has 0 unspecified atom stereocenters. The van der Waals surface area contributed by atoms with Crippen molar-refractivity contribution in [2.24, 2.45) is 0 Å². The number of ether oxygens (including phenoxy) is 1. The summed E-state index contributed by atoms with van der Waals surface area (Å²) in [7, 11) is 1.40. The first-order chi connectivity index (χ1) is 9.04. The summed E-state index contributed by atoms with van der Waals surface area (Å²) in [4.78, 5) is 11.2. The molecule has 0 bridgehead atoms. The molecular weight excluding hydrogens is 266 g/mol. The Hall–Kier alpha value is -1.73. The first-order valence-corrected chi connectivity index (χ1v) is 6.44. The summed E-state index contributed by atoms with van der Waals surface area (Å²) in [5.41, 5.74) is 0.131. The average Bonchev–Trinajstić information content (AvgIpc) is 2.87. The molecule has 0 atom stereocenters. The predicted molar refractivity (Wildman–Crippen MR) is 70.7 cm³/mol. The number of hydrogen-bond donors (Lipinski definition) is 1.